The second kappa shape index (κ2) is 3.72. The van der Waals surface area contributed by atoms with E-state index in [1.165, 1.54) is 12.1 Å². The molecule has 0 bridgehead atoms. The summed E-state index contributed by atoms with van der Waals surface area (Å²) in [7, 11) is 0. The number of nitro benzene ring substituents is 1. The van der Waals surface area contributed by atoms with Crippen LogP contribution in [0, 0.1) is 10.1 Å². The maximum atomic E-state index is 10.3. The van der Waals surface area contributed by atoms with Crippen molar-refractivity contribution >= 4 is 49.1 Å². The number of non-ortho nitro benzene ring substituents is 1. The quantitative estimate of drug-likeness (QED) is 0.450. The zero-order valence-electron chi connectivity index (χ0n) is 5.55. The van der Waals surface area contributed by atoms with Gasteiger partial charge in [0.25, 0.3) is 5.69 Å². The fraction of sp³-hybridized carbons (Fsp3) is 0. The van der Waals surface area contributed by atoms with Crippen molar-refractivity contribution in [2.45, 2.75) is 0 Å². The van der Waals surface area contributed by atoms with Gasteiger partial charge in [0.05, 0.1) is 14.4 Å². The second-order valence-corrected chi connectivity index (χ2v) is 4.04. The minimum Gasteiger partial charge on any atom is -0.258 e. The lowest BCUT2D eigenvalue weighted by Crippen LogP contribution is -1.88. The number of rotatable bonds is 1. The van der Waals surface area contributed by atoms with Crippen molar-refractivity contribution in [1.82, 2.24) is 0 Å². The van der Waals surface area contributed by atoms with Crippen molar-refractivity contribution in [1.29, 1.82) is 0 Å². The van der Waals surface area contributed by atoms with Crippen molar-refractivity contribution in [2.75, 3.05) is 0 Å². The molecule has 0 atom stereocenters. The van der Waals surface area contributed by atoms with E-state index in [0.717, 1.165) is 0 Å². The third-order valence-corrected chi connectivity index (χ3v) is 3.72. The lowest BCUT2D eigenvalue weighted by atomic mass is 10.3. The van der Waals surface area contributed by atoms with Crippen LogP contribution in [0.15, 0.2) is 21.1 Å². The van der Waals surface area contributed by atoms with Crippen molar-refractivity contribution in [3.63, 3.8) is 0 Å². The van der Waals surface area contributed by atoms with E-state index in [4.69, 9.17) is 11.6 Å². The molecule has 0 amide bonds. The molecule has 3 nitrogen and oxygen atoms in total. The molecular weight excluding hydrogens is 313 g/mol. The Balaban J connectivity index is 3.31. The first-order valence-electron chi connectivity index (χ1n) is 2.81. The van der Waals surface area contributed by atoms with Crippen molar-refractivity contribution in [3.05, 3.63) is 36.2 Å². The van der Waals surface area contributed by atoms with E-state index in [0.29, 0.717) is 14.0 Å². The Hall–Kier alpha value is -0.130. The standard InChI is InChI=1S/C6H2Br2ClNO2/c7-4-1-3(10(11)12)2-5(9)6(4)8/h1-2H. The van der Waals surface area contributed by atoms with Crippen LogP contribution in [0.2, 0.25) is 5.02 Å². The van der Waals surface area contributed by atoms with Crippen molar-refractivity contribution in [2.24, 2.45) is 0 Å². The van der Waals surface area contributed by atoms with Gasteiger partial charge in [0.1, 0.15) is 0 Å². The van der Waals surface area contributed by atoms with Gasteiger partial charge in [0, 0.05) is 16.6 Å². The molecule has 6 heteroatoms. The Labute approximate surface area is 90.1 Å². The fourth-order valence-corrected chi connectivity index (χ4v) is 1.65. The van der Waals surface area contributed by atoms with Gasteiger partial charge >= 0.3 is 0 Å². The summed E-state index contributed by atoms with van der Waals surface area (Å²) in [5.41, 5.74) is -0.0323. The maximum Gasteiger partial charge on any atom is 0.272 e. The molecule has 0 aliphatic carbocycles. The maximum absolute atomic E-state index is 10.3. The van der Waals surface area contributed by atoms with E-state index in [1.807, 2.05) is 0 Å². The van der Waals surface area contributed by atoms with Crippen LogP contribution in [-0.4, -0.2) is 4.92 Å². The van der Waals surface area contributed by atoms with Crippen LogP contribution in [0.4, 0.5) is 5.69 Å². The zero-order chi connectivity index (χ0) is 9.30. The molecule has 0 N–H and O–H groups in total. The van der Waals surface area contributed by atoms with E-state index in [9.17, 15) is 10.1 Å². The number of nitro groups is 1. The normalized spacial score (nSPS) is 9.92. The van der Waals surface area contributed by atoms with E-state index in [2.05, 4.69) is 31.9 Å². The molecule has 1 aromatic rings. The van der Waals surface area contributed by atoms with E-state index in [1.54, 1.807) is 0 Å². The molecule has 0 radical (unpaired) electrons. The molecule has 0 heterocycles. The van der Waals surface area contributed by atoms with Crippen LogP contribution in [0.5, 0.6) is 0 Å². The SMILES string of the molecule is O=[N+]([O-])c1cc(Cl)c(Br)c(Br)c1. The monoisotopic (exact) mass is 313 g/mol. The van der Waals surface area contributed by atoms with Crippen LogP contribution in [-0.2, 0) is 0 Å². The van der Waals surface area contributed by atoms with Gasteiger partial charge in [-0.1, -0.05) is 11.6 Å². The average molecular weight is 315 g/mol. The highest BCUT2D eigenvalue weighted by Crippen LogP contribution is 2.34. The summed E-state index contributed by atoms with van der Waals surface area (Å²) in [5, 5.41) is 10.6. The Morgan fingerprint density at radius 1 is 1.42 bits per heavy atom. The van der Waals surface area contributed by atoms with Crippen LogP contribution < -0.4 is 0 Å². The molecule has 0 saturated carbocycles. The molecule has 64 valence electrons. The first-order chi connectivity index (χ1) is 5.52. The van der Waals surface area contributed by atoms with Crippen LogP contribution in [0.1, 0.15) is 0 Å². The molecule has 0 unspecified atom stereocenters. The van der Waals surface area contributed by atoms with Crippen LogP contribution in [0.25, 0.3) is 0 Å². The molecule has 0 fully saturated rings. The summed E-state index contributed by atoms with van der Waals surface area (Å²) in [6.45, 7) is 0. The number of halogens is 3. The Bertz CT molecular complexity index is 319. The highest BCUT2D eigenvalue weighted by molar-refractivity contribution is 9.13. The minimum atomic E-state index is -0.497. The Morgan fingerprint density at radius 3 is 2.42 bits per heavy atom. The predicted octanol–water partition coefficient (Wildman–Crippen LogP) is 3.77. The zero-order valence-corrected chi connectivity index (χ0v) is 9.48. The molecule has 1 rings (SSSR count). The van der Waals surface area contributed by atoms with E-state index >= 15 is 0 Å². The molecule has 1 aromatic carbocycles. The van der Waals surface area contributed by atoms with E-state index < -0.39 is 4.92 Å². The van der Waals surface area contributed by atoms with E-state index in [-0.39, 0.29) is 5.69 Å². The van der Waals surface area contributed by atoms with Crippen molar-refractivity contribution < 1.29 is 4.92 Å². The van der Waals surface area contributed by atoms with Gasteiger partial charge in [-0.3, -0.25) is 10.1 Å². The summed E-state index contributed by atoms with van der Waals surface area (Å²) in [5.74, 6) is 0. The lowest BCUT2D eigenvalue weighted by Gasteiger charge is -1.98. The van der Waals surface area contributed by atoms with Crippen LogP contribution >= 0.6 is 43.5 Å². The van der Waals surface area contributed by atoms with Gasteiger partial charge in [0.15, 0.2) is 0 Å². The number of nitrogens with zero attached hydrogens (tertiary/aromatic N) is 1. The molecule has 0 saturated heterocycles. The third-order valence-electron chi connectivity index (χ3n) is 1.18. The summed E-state index contributed by atoms with van der Waals surface area (Å²) in [6.07, 6.45) is 0. The predicted molar refractivity (Wildman–Crippen MR) is 53.5 cm³/mol. The summed E-state index contributed by atoms with van der Waals surface area (Å²) >= 11 is 12.0. The molecule has 12 heavy (non-hydrogen) atoms. The fourth-order valence-electron chi connectivity index (χ4n) is 0.648. The average Bonchev–Trinajstić information content (AvgIpc) is 1.99. The number of hydrogen-bond donors (Lipinski definition) is 0. The number of benzene rings is 1. The third kappa shape index (κ3) is 1.97. The smallest absolute Gasteiger partial charge is 0.258 e. The molecule has 0 aromatic heterocycles. The van der Waals surface area contributed by atoms with Gasteiger partial charge in [-0.15, -0.1) is 0 Å². The first kappa shape index (κ1) is 9.95. The minimum absolute atomic E-state index is 0.0323. The van der Waals surface area contributed by atoms with Gasteiger partial charge in [0.2, 0.25) is 0 Å². The van der Waals surface area contributed by atoms with Gasteiger partial charge in [-0.2, -0.15) is 0 Å². The highest BCUT2D eigenvalue weighted by atomic mass is 79.9. The van der Waals surface area contributed by atoms with Crippen LogP contribution in [0.3, 0.4) is 0 Å². The lowest BCUT2D eigenvalue weighted by molar-refractivity contribution is -0.384. The summed E-state index contributed by atoms with van der Waals surface area (Å²) in [6, 6.07) is 2.67. The molecular formula is C6H2Br2ClNO2. The van der Waals surface area contributed by atoms with Gasteiger partial charge in [-0.25, -0.2) is 0 Å². The molecule has 0 spiro atoms. The van der Waals surface area contributed by atoms with Crippen molar-refractivity contribution in [3.8, 4) is 0 Å². The summed E-state index contributed by atoms with van der Waals surface area (Å²) < 4.78 is 1.19. The largest absolute Gasteiger partial charge is 0.272 e. The van der Waals surface area contributed by atoms with Gasteiger partial charge < -0.3 is 0 Å². The van der Waals surface area contributed by atoms with Gasteiger partial charge in [-0.05, 0) is 31.9 Å². The first-order valence-corrected chi connectivity index (χ1v) is 4.77. The topological polar surface area (TPSA) is 43.1 Å². The highest BCUT2D eigenvalue weighted by Gasteiger charge is 2.11. The second-order valence-electron chi connectivity index (χ2n) is 1.98. The molecule has 0 aliphatic heterocycles. The number of hydrogen-bond acceptors (Lipinski definition) is 2. The molecule has 0 aliphatic rings. The Kier molecular flexibility index (Phi) is 3.09. The summed E-state index contributed by atoms with van der Waals surface area (Å²) in [4.78, 5) is 9.83. The Morgan fingerprint density at radius 2 is 2.00 bits per heavy atom.